The highest BCUT2D eigenvalue weighted by Gasteiger charge is 2.22. The fraction of sp³-hybridized carbons (Fsp3) is 0.500. The van der Waals surface area contributed by atoms with Crippen LogP contribution in [0, 0.1) is 16.0 Å². The molecule has 0 fully saturated rings. The number of halogens is 1. The van der Waals surface area contributed by atoms with E-state index in [2.05, 4.69) is 10.3 Å². The molecule has 1 N–H and O–H groups in total. The number of nitrogens with zero attached hydrogens (tertiary/aromatic N) is 2. The van der Waals surface area contributed by atoms with Gasteiger partial charge in [0, 0.05) is 6.04 Å². The maximum Gasteiger partial charge on any atom is 0.300 e. The minimum atomic E-state index is -0.647. The number of hydrogen-bond donors (Lipinski definition) is 1. The Hall–Kier alpha value is -1.69. The molecular formula is C12H16ClN3O3. The summed E-state index contributed by atoms with van der Waals surface area (Å²) < 4.78 is 0. The third-order valence-electron chi connectivity index (χ3n) is 2.49. The number of carbonyl (C=O) groups excluding carboxylic acids is 1. The summed E-state index contributed by atoms with van der Waals surface area (Å²) in [6, 6.07) is 1.14. The third-order valence-corrected chi connectivity index (χ3v) is 2.70. The van der Waals surface area contributed by atoms with E-state index in [0.717, 1.165) is 12.6 Å². The molecule has 0 bridgehead atoms. The second kappa shape index (κ2) is 6.47. The molecule has 0 radical (unpaired) electrons. The topological polar surface area (TPSA) is 85.1 Å². The molecule has 1 atom stereocenters. The lowest BCUT2D eigenvalue weighted by Gasteiger charge is -2.15. The number of hydrogen-bond acceptors (Lipinski definition) is 4. The first-order valence-corrected chi connectivity index (χ1v) is 6.29. The van der Waals surface area contributed by atoms with Gasteiger partial charge in [0.2, 0.25) is 0 Å². The van der Waals surface area contributed by atoms with Gasteiger partial charge in [-0.05, 0) is 25.3 Å². The monoisotopic (exact) mass is 285 g/mol. The van der Waals surface area contributed by atoms with Crippen LogP contribution in [0.15, 0.2) is 12.3 Å². The Morgan fingerprint density at radius 3 is 2.68 bits per heavy atom. The van der Waals surface area contributed by atoms with Gasteiger partial charge < -0.3 is 5.32 Å². The molecule has 7 heteroatoms. The Bertz CT molecular complexity index is 491. The lowest BCUT2D eigenvalue weighted by atomic mass is 10.0. The first-order chi connectivity index (χ1) is 8.81. The molecule has 0 saturated carbocycles. The number of pyridine rings is 1. The van der Waals surface area contributed by atoms with Crippen molar-refractivity contribution in [3.8, 4) is 0 Å². The van der Waals surface area contributed by atoms with Gasteiger partial charge in [0.25, 0.3) is 11.6 Å². The minimum Gasteiger partial charge on any atom is -0.349 e. The van der Waals surface area contributed by atoms with Gasteiger partial charge in [0.05, 0.1) is 4.92 Å². The van der Waals surface area contributed by atoms with E-state index in [9.17, 15) is 14.9 Å². The summed E-state index contributed by atoms with van der Waals surface area (Å²) in [4.78, 5) is 25.8. The van der Waals surface area contributed by atoms with Gasteiger partial charge >= 0.3 is 0 Å². The minimum absolute atomic E-state index is 0.0484. The Kier molecular flexibility index (Phi) is 5.23. The summed E-state index contributed by atoms with van der Waals surface area (Å²) in [5, 5.41) is 13.6. The van der Waals surface area contributed by atoms with Crippen LogP contribution in [0.4, 0.5) is 5.69 Å². The molecule has 1 rings (SSSR count). The molecule has 0 aliphatic carbocycles. The van der Waals surface area contributed by atoms with Crippen molar-refractivity contribution >= 4 is 23.2 Å². The van der Waals surface area contributed by atoms with Crippen molar-refractivity contribution < 1.29 is 9.72 Å². The largest absolute Gasteiger partial charge is 0.349 e. The van der Waals surface area contributed by atoms with Crippen LogP contribution in [-0.4, -0.2) is 21.9 Å². The fourth-order valence-corrected chi connectivity index (χ4v) is 1.98. The fourth-order valence-electron chi connectivity index (χ4n) is 1.82. The average molecular weight is 286 g/mol. The number of rotatable bonds is 5. The van der Waals surface area contributed by atoms with E-state index in [1.54, 1.807) is 0 Å². The summed E-state index contributed by atoms with van der Waals surface area (Å²) in [6.45, 7) is 5.93. The maximum atomic E-state index is 12.0. The molecule has 1 heterocycles. The van der Waals surface area contributed by atoms with Gasteiger partial charge in [-0.3, -0.25) is 14.9 Å². The number of aromatic nitrogens is 1. The van der Waals surface area contributed by atoms with Gasteiger partial charge in [0.15, 0.2) is 0 Å². The molecule has 1 unspecified atom stereocenters. The summed E-state index contributed by atoms with van der Waals surface area (Å²) >= 11 is 5.67. The van der Waals surface area contributed by atoms with E-state index in [4.69, 9.17) is 11.6 Å². The zero-order chi connectivity index (χ0) is 14.6. The zero-order valence-corrected chi connectivity index (χ0v) is 11.8. The van der Waals surface area contributed by atoms with Crippen molar-refractivity contribution in [3.05, 3.63) is 33.1 Å². The van der Waals surface area contributed by atoms with Crippen LogP contribution in [0.1, 0.15) is 37.6 Å². The van der Waals surface area contributed by atoms with Crippen molar-refractivity contribution in [2.45, 2.75) is 33.2 Å². The Morgan fingerprint density at radius 2 is 2.16 bits per heavy atom. The van der Waals surface area contributed by atoms with Gasteiger partial charge in [-0.2, -0.15) is 0 Å². The molecule has 0 aliphatic heterocycles. The Balaban J connectivity index is 2.92. The predicted molar refractivity (Wildman–Crippen MR) is 72.3 cm³/mol. The molecule has 1 aromatic rings. The smallest absolute Gasteiger partial charge is 0.300 e. The van der Waals surface area contributed by atoms with E-state index < -0.39 is 10.8 Å². The number of carbonyl (C=O) groups is 1. The quantitative estimate of drug-likeness (QED) is 0.512. The molecule has 19 heavy (non-hydrogen) atoms. The van der Waals surface area contributed by atoms with Gasteiger partial charge in [-0.15, -0.1) is 0 Å². The van der Waals surface area contributed by atoms with Crippen LogP contribution in [0.25, 0.3) is 0 Å². The van der Waals surface area contributed by atoms with Crippen LogP contribution >= 0.6 is 11.6 Å². The molecule has 104 valence electrons. The highest BCUT2D eigenvalue weighted by Crippen LogP contribution is 2.20. The van der Waals surface area contributed by atoms with Crippen LogP contribution in [0.2, 0.25) is 5.15 Å². The molecule has 0 aliphatic rings. The van der Waals surface area contributed by atoms with E-state index in [-0.39, 0.29) is 22.4 Å². The highest BCUT2D eigenvalue weighted by molar-refractivity contribution is 6.29. The van der Waals surface area contributed by atoms with Gasteiger partial charge in [-0.1, -0.05) is 25.4 Å². The molecule has 1 aromatic heterocycles. The average Bonchev–Trinajstić information content (AvgIpc) is 2.26. The SMILES string of the molecule is CC(C)CC(C)NC(=O)c1cc(Cl)ncc1[N+](=O)[O-]. The molecule has 0 spiro atoms. The standard InChI is InChI=1S/C12H16ClN3O3/c1-7(2)4-8(3)15-12(17)9-5-11(13)14-6-10(9)16(18)19/h5-8H,4H2,1-3H3,(H,15,17). The van der Waals surface area contributed by atoms with Crippen LogP contribution in [0.5, 0.6) is 0 Å². The van der Waals surface area contributed by atoms with E-state index in [1.165, 1.54) is 6.07 Å². The Labute approximate surface area is 116 Å². The van der Waals surface area contributed by atoms with Crippen molar-refractivity contribution in [1.29, 1.82) is 0 Å². The van der Waals surface area contributed by atoms with Gasteiger partial charge in [0.1, 0.15) is 16.9 Å². The van der Waals surface area contributed by atoms with E-state index in [1.807, 2.05) is 20.8 Å². The van der Waals surface area contributed by atoms with E-state index in [0.29, 0.717) is 5.92 Å². The zero-order valence-electron chi connectivity index (χ0n) is 11.0. The summed E-state index contributed by atoms with van der Waals surface area (Å²) in [5.41, 5.74) is -0.417. The molecule has 0 saturated heterocycles. The van der Waals surface area contributed by atoms with Gasteiger partial charge in [-0.25, -0.2) is 4.98 Å². The van der Waals surface area contributed by atoms with Crippen LogP contribution in [0.3, 0.4) is 0 Å². The first kappa shape index (κ1) is 15.4. The second-order valence-corrected chi connectivity index (χ2v) is 5.17. The Morgan fingerprint density at radius 1 is 1.53 bits per heavy atom. The predicted octanol–water partition coefficient (Wildman–Crippen LogP) is 2.81. The van der Waals surface area contributed by atoms with Crippen LogP contribution < -0.4 is 5.32 Å². The summed E-state index contributed by atoms with van der Waals surface area (Å²) in [5.74, 6) is -0.0875. The number of nitro groups is 1. The second-order valence-electron chi connectivity index (χ2n) is 4.79. The summed E-state index contributed by atoms with van der Waals surface area (Å²) in [6.07, 6.45) is 1.78. The normalized spacial score (nSPS) is 12.3. The van der Waals surface area contributed by atoms with Crippen LogP contribution in [-0.2, 0) is 0 Å². The molecule has 6 nitrogen and oxygen atoms in total. The van der Waals surface area contributed by atoms with E-state index >= 15 is 0 Å². The first-order valence-electron chi connectivity index (χ1n) is 5.92. The van der Waals surface area contributed by atoms with Crippen molar-refractivity contribution in [2.24, 2.45) is 5.92 Å². The highest BCUT2D eigenvalue weighted by atomic mass is 35.5. The molecule has 1 amide bonds. The lowest BCUT2D eigenvalue weighted by molar-refractivity contribution is -0.385. The van der Waals surface area contributed by atoms with Crippen molar-refractivity contribution in [1.82, 2.24) is 10.3 Å². The molecular weight excluding hydrogens is 270 g/mol. The van der Waals surface area contributed by atoms with Crippen molar-refractivity contribution in [3.63, 3.8) is 0 Å². The molecule has 0 aromatic carbocycles. The summed E-state index contributed by atoms with van der Waals surface area (Å²) in [7, 11) is 0. The van der Waals surface area contributed by atoms with Crippen molar-refractivity contribution in [2.75, 3.05) is 0 Å². The number of nitrogens with one attached hydrogen (secondary N) is 1. The lowest BCUT2D eigenvalue weighted by Crippen LogP contribution is -2.33. The third kappa shape index (κ3) is 4.48. The number of amides is 1. The maximum absolute atomic E-state index is 12.0.